The summed E-state index contributed by atoms with van der Waals surface area (Å²) < 4.78 is 0. The number of benzene rings is 1. The second-order valence-electron chi connectivity index (χ2n) is 7.96. The minimum atomic E-state index is -0.419. The first-order valence-corrected chi connectivity index (χ1v) is 10.1. The quantitative estimate of drug-likeness (QED) is 0.790. The minimum Gasteiger partial charge on any atom is -0.389 e. The topological polar surface area (TPSA) is 61.3 Å². The predicted molar refractivity (Wildman–Crippen MR) is 111 cm³/mol. The molecule has 1 aliphatic rings. The molecule has 0 unspecified atom stereocenters. The van der Waals surface area contributed by atoms with Crippen LogP contribution in [0, 0.1) is 0 Å². The highest BCUT2D eigenvalue weighted by atomic mass is 16.3. The van der Waals surface area contributed by atoms with Crippen LogP contribution < -0.4 is 10.2 Å². The van der Waals surface area contributed by atoms with E-state index >= 15 is 0 Å². The van der Waals surface area contributed by atoms with Crippen LogP contribution in [0.1, 0.15) is 75.4 Å². The summed E-state index contributed by atoms with van der Waals surface area (Å²) in [5, 5.41) is 13.3. The lowest BCUT2D eigenvalue weighted by atomic mass is 9.95. The number of anilines is 2. The Morgan fingerprint density at radius 2 is 1.89 bits per heavy atom. The second-order valence-corrected chi connectivity index (χ2v) is 7.96. The molecule has 1 aromatic carbocycles. The summed E-state index contributed by atoms with van der Waals surface area (Å²) in [5.74, 6) is 2.07. The normalized spacial score (nSPS) is 16.2. The van der Waals surface area contributed by atoms with Crippen molar-refractivity contribution in [3.05, 3.63) is 46.6 Å². The number of nitrogens with zero attached hydrogens (tertiary/aromatic N) is 3. The fraction of sp³-hybridized carbons (Fsp3) is 0.545. The third-order valence-corrected chi connectivity index (χ3v) is 5.36. The Kier molecular flexibility index (Phi) is 6.00. The van der Waals surface area contributed by atoms with E-state index in [4.69, 9.17) is 9.97 Å². The molecule has 0 spiro atoms. The van der Waals surface area contributed by atoms with E-state index in [0.29, 0.717) is 12.0 Å². The molecule has 0 saturated carbocycles. The van der Waals surface area contributed by atoms with Crippen molar-refractivity contribution < 1.29 is 5.11 Å². The van der Waals surface area contributed by atoms with E-state index in [1.165, 1.54) is 11.1 Å². The van der Waals surface area contributed by atoms with Crippen molar-refractivity contribution in [2.24, 2.45) is 0 Å². The Labute approximate surface area is 162 Å². The number of aliphatic hydroxyl groups excluding tert-OH is 1. The van der Waals surface area contributed by atoms with E-state index in [2.05, 4.69) is 56.1 Å². The molecule has 5 heteroatoms. The smallest absolute Gasteiger partial charge is 0.225 e. The largest absolute Gasteiger partial charge is 0.389 e. The zero-order valence-electron chi connectivity index (χ0n) is 17.2. The summed E-state index contributed by atoms with van der Waals surface area (Å²) in [4.78, 5) is 11.9. The molecule has 1 aliphatic heterocycles. The second kappa shape index (κ2) is 8.26. The monoisotopic (exact) mass is 368 g/mol. The third kappa shape index (κ3) is 4.59. The van der Waals surface area contributed by atoms with E-state index in [1.807, 2.05) is 13.0 Å². The van der Waals surface area contributed by atoms with E-state index in [0.717, 1.165) is 49.0 Å². The molecule has 0 fully saturated rings. The summed E-state index contributed by atoms with van der Waals surface area (Å²) in [6.07, 6.45) is 1.58. The Morgan fingerprint density at radius 1 is 1.11 bits per heavy atom. The first kappa shape index (κ1) is 19.6. The van der Waals surface area contributed by atoms with Gasteiger partial charge in [0.1, 0.15) is 5.82 Å². The Bertz CT molecular complexity index is 788. The maximum atomic E-state index is 9.83. The van der Waals surface area contributed by atoms with Gasteiger partial charge in [0.05, 0.1) is 11.8 Å². The SMILES string of the molecule is CC[C@@H](C)Nc1nc(C(C)C)cc(N2CCc3cc([C@H](C)O)ccc3C2)n1. The van der Waals surface area contributed by atoms with Crippen molar-refractivity contribution in [3.63, 3.8) is 0 Å². The molecule has 0 saturated heterocycles. The molecule has 2 atom stereocenters. The predicted octanol–water partition coefficient (Wildman–Crippen LogP) is 4.43. The molecule has 2 N–H and O–H groups in total. The number of rotatable bonds is 6. The van der Waals surface area contributed by atoms with Gasteiger partial charge in [-0.1, -0.05) is 39.0 Å². The van der Waals surface area contributed by atoms with Crippen LogP contribution in [-0.4, -0.2) is 27.7 Å². The maximum Gasteiger partial charge on any atom is 0.225 e. The summed E-state index contributed by atoms with van der Waals surface area (Å²) in [7, 11) is 0. The van der Waals surface area contributed by atoms with Gasteiger partial charge < -0.3 is 15.3 Å². The molecule has 5 nitrogen and oxygen atoms in total. The molecule has 2 aromatic rings. The van der Waals surface area contributed by atoms with Crippen molar-refractivity contribution in [2.45, 2.75) is 72.1 Å². The summed E-state index contributed by atoms with van der Waals surface area (Å²) >= 11 is 0. The number of hydrogen-bond donors (Lipinski definition) is 2. The lowest BCUT2D eigenvalue weighted by Crippen LogP contribution is -2.31. The van der Waals surface area contributed by atoms with E-state index in [-0.39, 0.29) is 0 Å². The first-order valence-electron chi connectivity index (χ1n) is 10.1. The number of aromatic nitrogens is 2. The van der Waals surface area contributed by atoms with Crippen LogP contribution in [0.3, 0.4) is 0 Å². The zero-order valence-corrected chi connectivity index (χ0v) is 17.2. The minimum absolute atomic E-state index is 0.348. The molecule has 0 bridgehead atoms. The molecule has 0 amide bonds. The van der Waals surface area contributed by atoms with Gasteiger partial charge in [-0.05, 0) is 49.3 Å². The van der Waals surface area contributed by atoms with Gasteiger partial charge in [0.15, 0.2) is 0 Å². The van der Waals surface area contributed by atoms with Gasteiger partial charge in [0, 0.05) is 25.2 Å². The molecule has 3 rings (SSSR count). The average Bonchev–Trinajstić information content (AvgIpc) is 2.66. The number of nitrogens with one attached hydrogen (secondary N) is 1. The van der Waals surface area contributed by atoms with Crippen molar-refractivity contribution in [2.75, 3.05) is 16.8 Å². The highest BCUT2D eigenvalue weighted by Crippen LogP contribution is 2.28. The van der Waals surface area contributed by atoms with Crippen molar-refractivity contribution in [3.8, 4) is 0 Å². The van der Waals surface area contributed by atoms with Crippen LogP contribution in [-0.2, 0) is 13.0 Å². The highest BCUT2D eigenvalue weighted by Gasteiger charge is 2.20. The van der Waals surface area contributed by atoms with Crippen molar-refractivity contribution in [1.29, 1.82) is 0 Å². The summed E-state index contributed by atoms with van der Waals surface area (Å²) in [6.45, 7) is 12.2. The van der Waals surface area contributed by atoms with E-state index < -0.39 is 6.10 Å². The lowest BCUT2D eigenvalue weighted by Gasteiger charge is -2.31. The van der Waals surface area contributed by atoms with Gasteiger partial charge in [-0.2, -0.15) is 4.98 Å². The Morgan fingerprint density at radius 3 is 2.56 bits per heavy atom. The standard InChI is InChI=1S/C22H32N4O/c1-6-15(4)23-22-24-20(14(2)3)12-21(25-22)26-10-9-18-11-17(16(5)27)7-8-19(18)13-26/h7-8,11-12,14-16,27H,6,9-10,13H2,1-5H3,(H,23,24,25)/t15-,16+/m1/s1. The van der Waals surface area contributed by atoms with Crippen LogP contribution in [0.15, 0.2) is 24.3 Å². The van der Waals surface area contributed by atoms with Crippen molar-refractivity contribution >= 4 is 11.8 Å². The van der Waals surface area contributed by atoms with Gasteiger partial charge >= 0.3 is 0 Å². The maximum absolute atomic E-state index is 9.83. The Hall–Kier alpha value is -2.14. The first-order chi connectivity index (χ1) is 12.9. The number of hydrogen-bond acceptors (Lipinski definition) is 5. The Balaban J connectivity index is 1.87. The fourth-order valence-corrected chi connectivity index (χ4v) is 3.33. The molecule has 0 aliphatic carbocycles. The summed E-state index contributed by atoms with van der Waals surface area (Å²) in [6, 6.07) is 8.80. The van der Waals surface area contributed by atoms with Crippen molar-refractivity contribution in [1.82, 2.24) is 9.97 Å². The molecule has 1 aromatic heterocycles. The third-order valence-electron chi connectivity index (χ3n) is 5.36. The van der Waals surface area contributed by atoms with Gasteiger partial charge in [0.25, 0.3) is 0 Å². The van der Waals surface area contributed by atoms with E-state index in [9.17, 15) is 5.11 Å². The van der Waals surface area contributed by atoms with Gasteiger partial charge in [-0.3, -0.25) is 0 Å². The average molecular weight is 369 g/mol. The number of fused-ring (bicyclic) bond motifs is 1. The van der Waals surface area contributed by atoms with Gasteiger partial charge in [-0.15, -0.1) is 0 Å². The number of aliphatic hydroxyl groups is 1. The van der Waals surface area contributed by atoms with Crippen LogP contribution in [0.4, 0.5) is 11.8 Å². The lowest BCUT2D eigenvalue weighted by molar-refractivity contribution is 0.199. The van der Waals surface area contributed by atoms with Crippen LogP contribution in [0.5, 0.6) is 0 Å². The summed E-state index contributed by atoms with van der Waals surface area (Å²) in [5.41, 5.74) is 4.71. The molecule has 2 heterocycles. The zero-order chi connectivity index (χ0) is 19.6. The van der Waals surface area contributed by atoms with E-state index in [1.54, 1.807) is 0 Å². The van der Waals surface area contributed by atoms with Crippen LogP contribution >= 0.6 is 0 Å². The molecule has 0 radical (unpaired) electrons. The van der Waals surface area contributed by atoms with Gasteiger partial charge in [-0.25, -0.2) is 4.98 Å². The van der Waals surface area contributed by atoms with Crippen LogP contribution in [0.25, 0.3) is 0 Å². The highest BCUT2D eigenvalue weighted by molar-refractivity contribution is 5.49. The van der Waals surface area contributed by atoms with Gasteiger partial charge in [0.2, 0.25) is 5.95 Å². The molecular formula is C22H32N4O. The molecular weight excluding hydrogens is 336 g/mol. The fourth-order valence-electron chi connectivity index (χ4n) is 3.33. The van der Waals surface area contributed by atoms with Crippen LogP contribution in [0.2, 0.25) is 0 Å². The molecule has 27 heavy (non-hydrogen) atoms. The molecule has 146 valence electrons.